The lowest BCUT2D eigenvalue weighted by Gasteiger charge is -2.23. The van der Waals surface area contributed by atoms with E-state index in [2.05, 4.69) is 0 Å². The zero-order valence-electron chi connectivity index (χ0n) is 15.8. The number of imidazole rings is 1. The molecule has 2 N–H and O–H groups in total. The highest BCUT2D eigenvalue weighted by molar-refractivity contribution is 5.97. The number of ether oxygens (including phenoxy) is 1. The minimum absolute atomic E-state index is 0.223. The van der Waals surface area contributed by atoms with Gasteiger partial charge in [-0.2, -0.15) is 0 Å². The summed E-state index contributed by atoms with van der Waals surface area (Å²) in [5, 5.41) is 0. The summed E-state index contributed by atoms with van der Waals surface area (Å²) in [6, 6.07) is 16.5. The largest absolute Gasteiger partial charge is 0.483 e. The van der Waals surface area contributed by atoms with Crippen molar-refractivity contribution in [2.24, 2.45) is 5.73 Å². The number of rotatable bonds is 4. The molecule has 144 valence electrons. The molecule has 4 aromatic rings. The van der Waals surface area contributed by atoms with Crippen molar-refractivity contribution in [3.8, 4) is 28.3 Å². The number of nitrogens with zero attached hydrogens (tertiary/aromatic N) is 2. The van der Waals surface area contributed by atoms with E-state index < -0.39 is 5.91 Å². The van der Waals surface area contributed by atoms with Gasteiger partial charge >= 0.3 is 0 Å². The molecule has 29 heavy (non-hydrogen) atoms. The van der Waals surface area contributed by atoms with Crippen molar-refractivity contribution in [1.82, 2.24) is 9.55 Å². The molecule has 1 aliphatic heterocycles. The van der Waals surface area contributed by atoms with Gasteiger partial charge in [-0.1, -0.05) is 30.3 Å². The summed E-state index contributed by atoms with van der Waals surface area (Å²) in [4.78, 5) is 16.0. The van der Waals surface area contributed by atoms with Crippen LogP contribution in [0.25, 0.3) is 33.5 Å². The lowest BCUT2D eigenvalue weighted by molar-refractivity contribution is -0.119. The monoisotopic (exact) mass is 387 g/mol. The van der Waals surface area contributed by atoms with Crippen molar-refractivity contribution in [2.75, 3.05) is 6.61 Å². The second-order valence-electron chi connectivity index (χ2n) is 7.16. The van der Waals surface area contributed by atoms with Crippen molar-refractivity contribution in [3.05, 3.63) is 71.5 Å². The third kappa shape index (κ3) is 2.68. The molecular formula is C23H18FN3O2. The third-order valence-electron chi connectivity index (χ3n) is 5.35. The van der Waals surface area contributed by atoms with E-state index in [1.807, 2.05) is 47.9 Å². The topological polar surface area (TPSA) is 70.1 Å². The fraction of sp³-hybridized carbons (Fsp3) is 0.130. The maximum atomic E-state index is 14.9. The predicted octanol–water partition coefficient (Wildman–Crippen LogP) is 4.04. The molecule has 0 saturated heterocycles. The van der Waals surface area contributed by atoms with Gasteiger partial charge in [-0.15, -0.1) is 0 Å². The average Bonchev–Trinajstić information content (AvgIpc) is 3.08. The normalized spacial score (nSPS) is 12.1. The molecule has 0 atom stereocenters. The Morgan fingerprint density at radius 3 is 2.76 bits per heavy atom. The maximum absolute atomic E-state index is 14.9. The van der Waals surface area contributed by atoms with E-state index >= 15 is 0 Å². The molecule has 5 nitrogen and oxygen atoms in total. The minimum atomic E-state index is -0.552. The van der Waals surface area contributed by atoms with Gasteiger partial charge in [0.05, 0.1) is 23.1 Å². The smallest absolute Gasteiger partial charge is 0.255 e. The molecule has 3 aromatic carbocycles. The van der Waals surface area contributed by atoms with Gasteiger partial charge in [-0.05, 0) is 47.9 Å². The molecule has 6 heteroatoms. The highest BCUT2D eigenvalue weighted by Crippen LogP contribution is 2.42. The van der Waals surface area contributed by atoms with Crippen LogP contribution >= 0.6 is 0 Å². The molecule has 1 aromatic heterocycles. The predicted molar refractivity (Wildman–Crippen MR) is 109 cm³/mol. The number of nitrogens with two attached hydrogens (primary N) is 1. The van der Waals surface area contributed by atoms with Gasteiger partial charge in [0.2, 0.25) is 0 Å². The number of carbonyl (C=O) groups excluding carboxylic acids is 1. The fourth-order valence-electron chi connectivity index (χ4n) is 4.05. The Kier molecular flexibility index (Phi) is 3.87. The lowest BCUT2D eigenvalue weighted by Crippen LogP contribution is -2.20. The zero-order valence-corrected chi connectivity index (χ0v) is 15.8. The number of carbonyl (C=O) groups is 1. The van der Waals surface area contributed by atoms with Gasteiger partial charge in [-0.25, -0.2) is 9.37 Å². The number of para-hydroxylation sites is 1. The van der Waals surface area contributed by atoms with Crippen LogP contribution in [0.2, 0.25) is 0 Å². The Bertz CT molecular complexity index is 1290. The zero-order chi connectivity index (χ0) is 20.1. The number of hydrogen-bond acceptors (Lipinski definition) is 3. The molecule has 0 saturated carbocycles. The number of fused-ring (bicyclic) bond motifs is 2. The van der Waals surface area contributed by atoms with Crippen molar-refractivity contribution >= 4 is 16.9 Å². The van der Waals surface area contributed by atoms with Crippen LogP contribution in [0.4, 0.5) is 4.39 Å². The second kappa shape index (κ2) is 6.44. The molecule has 1 aliphatic rings. The highest BCUT2D eigenvalue weighted by Gasteiger charge is 2.27. The number of primary amides is 1. The number of aromatic nitrogens is 2. The first-order chi connectivity index (χ1) is 14.0. The average molecular weight is 387 g/mol. The minimum Gasteiger partial charge on any atom is -0.483 e. The fourth-order valence-corrected chi connectivity index (χ4v) is 4.05. The number of benzene rings is 3. The van der Waals surface area contributed by atoms with Crippen LogP contribution in [0.15, 0.2) is 54.6 Å². The maximum Gasteiger partial charge on any atom is 0.255 e. The molecule has 0 fully saturated rings. The van der Waals surface area contributed by atoms with Crippen molar-refractivity contribution < 1.29 is 13.9 Å². The van der Waals surface area contributed by atoms with Crippen LogP contribution in [-0.4, -0.2) is 22.1 Å². The molecule has 5 rings (SSSR count). The van der Waals surface area contributed by atoms with Crippen LogP contribution in [-0.2, 0) is 11.3 Å². The number of halogens is 1. The summed E-state index contributed by atoms with van der Waals surface area (Å²) >= 11 is 0. The Morgan fingerprint density at radius 2 is 1.93 bits per heavy atom. The molecule has 1 amide bonds. The first-order valence-electron chi connectivity index (χ1n) is 9.32. The van der Waals surface area contributed by atoms with Gasteiger partial charge in [0.15, 0.2) is 6.61 Å². The Balaban J connectivity index is 1.78. The van der Waals surface area contributed by atoms with Crippen molar-refractivity contribution in [3.63, 3.8) is 0 Å². The van der Waals surface area contributed by atoms with E-state index in [1.54, 1.807) is 12.1 Å². The SMILES string of the molecule is Cc1cccc2c1Cn1c(-c3ccccc3OCC(N)=O)nc3ccc(F)c-2c31. The van der Waals surface area contributed by atoms with Gasteiger partial charge in [0, 0.05) is 5.56 Å². The van der Waals surface area contributed by atoms with Crippen LogP contribution in [0.3, 0.4) is 0 Å². The van der Waals surface area contributed by atoms with E-state index in [-0.39, 0.29) is 12.4 Å². The summed E-state index contributed by atoms with van der Waals surface area (Å²) in [6.45, 7) is 2.38. The molecule has 0 unspecified atom stereocenters. The Morgan fingerprint density at radius 1 is 1.14 bits per heavy atom. The van der Waals surface area contributed by atoms with E-state index in [4.69, 9.17) is 15.5 Å². The number of aryl methyl sites for hydroxylation is 1. The lowest BCUT2D eigenvalue weighted by atomic mass is 9.92. The van der Waals surface area contributed by atoms with Gasteiger partial charge in [0.1, 0.15) is 17.4 Å². The first-order valence-corrected chi connectivity index (χ1v) is 9.32. The summed E-state index contributed by atoms with van der Waals surface area (Å²) in [7, 11) is 0. The van der Waals surface area contributed by atoms with Gasteiger partial charge in [-0.3, -0.25) is 4.79 Å². The Labute approximate surface area is 166 Å². The molecule has 0 aliphatic carbocycles. The van der Waals surface area contributed by atoms with Gasteiger partial charge < -0.3 is 15.0 Å². The first kappa shape index (κ1) is 17.4. The Hall–Kier alpha value is -3.67. The van der Waals surface area contributed by atoms with Crippen LogP contribution in [0.1, 0.15) is 11.1 Å². The van der Waals surface area contributed by atoms with E-state index in [0.717, 1.165) is 27.8 Å². The number of amides is 1. The van der Waals surface area contributed by atoms with Crippen LogP contribution in [0.5, 0.6) is 5.75 Å². The summed E-state index contributed by atoms with van der Waals surface area (Å²) < 4.78 is 22.6. The molecule has 0 bridgehead atoms. The van der Waals surface area contributed by atoms with Crippen LogP contribution in [0, 0.1) is 12.7 Å². The summed E-state index contributed by atoms with van der Waals surface area (Å²) in [6.07, 6.45) is 0. The van der Waals surface area contributed by atoms with E-state index in [0.29, 0.717) is 29.2 Å². The van der Waals surface area contributed by atoms with E-state index in [9.17, 15) is 9.18 Å². The quantitative estimate of drug-likeness (QED) is 0.506. The van der Waals surface area contributed by atoms with Crippen molar-refractivity contribution in [1.29, 1.82) is 0 Å². The molecule has 2 heterocycles. The second-order valence-corrected chi connectivity index (χ2v) is 7.16. The van der Waals surface area contributed by atoms with E-state index in [1.165, 1.54) is 6.07 Å². The van der Waals surface area contributed by atoms with Gasteiger partial charge in [0.25, 0.3) is 5.91 Å². The van der Waals surface area contributed by atoms with Crippen molar-refractivity contribution in [2.45, 2.75) is 13.5 Å². The number of hydrogen-bond donors (Lipinski definition) is 1. The standard InChI is InChI=1S/C23H18FN3O2/c1-13-5-4-7-14-16(13)11-27-22-18(10-9-17(24)21(14)22)26-23(27)15-6-2-3-8-19(15)29-12-20(25)28/h2-10H,11-12H2,1H3,(H2,25,28). The summed E-state index contributed by atoms with van der Waals surface area (Å²) in [5.41, 5.74) is 11.1. The highest BCUT2D eigenvalue weighted by atomic mass is 19.1. The third-order valence-corrected chi connectivity index (χ3v) is 5.35. The molecular weight excluding hydrogens is 369 g/mol. The molecule has 0 spiro atoms. The summed E-state index contributed by atoms with van der Waals surface area (Å²) in [5.74, 6) is 0.356. The molecule has 0 radical (unpaired) electrons. The van der Waals surface area contributed by atoms with Crippen LogP contribution < -0.4 is 10.5 Å².